The Kier molecular flexibility index (Phi) is 6.95. The van der Waals surface area contributed by atoms with E-state index >= 15 is 0 Å². The van der Waals surface area contributed by atoms with Crippen LogP contribution in [-0.2, 0) is 21.4 Å². The van der Waals surface area contributed by atoms with Crippen molar-refractivity contribution in [3.05, 3.63) is 46.8 Å². The van der Waals surface area contributed by atoms with Gasteiger partial charge in [0.15, 0.2) is 11.3 Å². The smallest absolute Gasteiger partial charge is 0.402 e. The average Bonchev–Trinajstić information content (AvgIpc) is 3.20. The first-order chi connectivity index (χ1) is 14.6. The van der Waals surface area contributed by atoms with E-state index in [2.05, 4.69) is 35.5 Å². The highest BCUT2D eigenvalue weighted by Gasteiger charge is 2.50. The number of halogens is 1. The zero-order chi connectivity index (χ0) is 22.6. The molecule has 8 heteroatoms. The highest BCUT2D eigenvalue weighted by molar-refractivity contribution is 8.76. The van der Waals surface area contributed by atoms with E-state index < -0.39 is 10.8 Å². The summed E-state index contributed by atoms with van der Waals surface area (Å²) in [6, 6.07) is 6.19. The van der Waals surface area contributed by atoms with Crippen molar-refractivity contribution in [3.63, 3.8) is 0 Å². The van der Waals surface area contributed by atoms with Crippen molar-refractivity contribution in [1.82, 2.24) is 9.97 Å². The number of Topliss-reactive ketones (excluding diaryl/α,β-unsaturated/α-hetero) is 1. The van der Waals surface area contributed by atoms with Crippen LogP contribution in [0.25, 0.3) is 17.0 Å². The van der Waals surface area contributed by atoms with Crippen LogP contribution in [0.2, 0.25) is 0 Å². The number of carbonyl (C=O) groups excluding carboxylic acids is 1. The van der Waals surface area contributed by atoms with Gasteiger partial charge in [-0.25, -0.2) is 9.55 Å². The molecule has 5 nitrogen and oxygen atoms in total. The lowest BCUT2D eigenvalue weighted by molar-refractivity contribution is -0.610. The Morgan fingerprint density at radius 2 is 1.78 bits per heavy atom. The molecule has 1 aliphatic rings. The maximum Gasteiger partial charge on any atom is 0.402 e. The molecular weight excluding hydrogens is 462 g/mol. The van der Waals surface area contributed by atoms with Gasteiger partial charge in [0.25, 0.3) is 0 Å². The average molecular weight is 492 g/mol. The number of H-pyrrole nitrogens is 1. The number of imidazole rings is 1. The summed E-state index contributed by atoms with van der Waals surface area (Å²) < 4.78 is 7.68. The van der Waals surface area contributed by atoms with Gasteiger partial charge in [0.05, 0.1) is 19.1 Å². The second kappa shape index (κ2) is 8.92. The lowest BCUT2D eigenvalue weighted by atomic mass is 9.80. The number of nitrogens with one attached hydrogen (secondary N) is 1. The number of nitrogens with zero attached hydrogens (tertiary/aromatic N) is 2. The Labute approximate surface area is 203 Å². The van der Waals surface area contributed by atoms with Crippen molar-refractivity contribution in [3.8, 4) is 11.7 Å². The van der Waals surface area contributed by atoms with E-state index in [1.165, 1.54) is 0 Å². The van der Waals surface area contributed by atoms with Crippen LogP contribution in [-0.4, -0.2) is 28.6 Å². The molecule has 0 bridgehead atoms. The second-order valence-electron chi connectivity index (χ2n) is 9.05. The number of benzene rings is 1. The molecule has 1 N–H and O–H groups in total. The molecule has 1 aliphatic carbocycles. The number of hydrogen-bond acceptors (Lipinski definition) is 5. The van der Waals surface area contributed by atoms with Gasteiger partial charge < -0.3 is 17.1 Å². The predicted octanol–water partition coefficient (Wildman–Crippen LogP) is 2.20. The van der Waals surface area contributed by atoms with Gasteiger partial charge in [0.1, 0.15) is 17.0 Å². The van der Waals surface area contributed by atoms with Crippen molar-refractivity contribution >= 4 is 38.4 Å². The van der Waals surface area contributed by atoms with E-state index in [1.807, 2.05) is 61.5 Å². The van der Waals surface area contributed by atoms with Crippen LogP contribution in [0.3, 0.4) is 0 Å². The topological polar surface area (TPSA) is 58.9 Å². The Balaban J connectivity index is 0.00000289. The Hall–Kier alpha value is -1.70. The molecule has 0 radical (unpaired) electrons. The summed E-state index contributed by atoms with van der Waals surface area (Å²) in [5.41, 5.74) is 5.29. The molecule has 2 heterocycles. The first-order valence-corrected chi connectivity index (χ1v) is 13.0. The fourth-order valence-electron chi connectivity index (χ4n) is 4.68. The lowest BCUT2D eigenvalue weighted by Crippen LogP contribution is -3.00. The molecule has 1 aromatic carbocycles. The van der Waals surface area contributed by atoms with Gasteiger partial charge in [-0.2, -0.15) is 0 Å². The number of ether oxygens (including phenoxy) is 1. The molecule has 0 saturated carbocycles. The first-order valence-electron chi connectivity index (χ1n) is 10.6. The third-order valence-electron chi connectivity index (χ3n) is 6.40. The fourth-order valence-corrected chi connectivity index (χ4v) is 6.48. The molecule has 4 rings (SSSR count). The third-order valence-corrected chi connectivity index (χ3v) is 8.76. The van der Waals surface area contributed by atoms with Crippen LogP contribution in [0.15, 0.2) is 24.4 Å². The summed E-state index contributed by atoms with van der Waals surface area (Å²) in [5, 5.41) is 0. The summed E-state index contributed by atoms with van der Waals surface area (Å²) in [6.45, 7) is 12.3. The Bertz CT molecular complexity index is 1130. The first kappa shape index (κ1) is 24.9. The second-order valence-corrected chi connectivity index (χ2v) is 11.8. The molecular formula is C24H30ClN3O2S2. The zero-order valence-electron chi connectivity index (χ0n) is 19.6. The molecule has 0 spiro atoms. The van der Waals surface area contributed by atoms with E-state index in [1.54, 1.807) is 7.11 Å². The minimum atomic E-state index is -0.505. The monoisotopic (exact) mass is 491 g/mol. The predicted molar refractivity (Wildman–Crippen MR) is 129 cm³/mol. The number of ketones is 1. The molecule has 172 valence electrons. The van der Waals surface area contributed by atoms with Gasteiger partial charge in [0.2, 0.25) is 0 Å². The molecule has 0 aliphatic heterocycles. The molecule has 3 aromatic rings. The summed E-state index contributed by atoms with van der Waals surface area (Å²) in [6.07, 6.45) is 2.02. The molecule has 0 atom stereocenters. The normalized spacial score (nSPS) is 16.2. The molecule has 2 aromatic heterocycles. The van der Waals surface area contributed by atoms with Crippen LogP contribution in [0.4, 0.5) is 0 Å². The van der Waals surface area contributed by atoms with Crippen molar-refractivity contribution in [2.75, 3.05) is 12.9 Å². The van der Waals surface area contributed by atoms with Crippen LogP contribution < -0.4 is 21.7 Å². The van der Waals surface area contributed by atoms with Gasteiger partial charge in [0, 0.05) is 28.2 Å². The number of fused-ring (bicyclic) bond motifs is 2. The molecule has 0 fully saturated rings. The van der Waals surface area contributed by atoms with E-state index in [-0.39, 0.29) is 18.2 Å². The lowest BCUT2D eigenvalue weighted by Gasteiger charge is -2.21. The standard InChI is InChI=1S/C24H30N3O2S2.ClH/c1-8-30-31-13-19-14(2)20(29-7)9-10-27(19)22-25-17-11-15-16(12-18(17)26-22)24(5,6)21(28)23(15,3)4;/h9-12H,8,13H2,1-7H3,(H,25,26);1H/q+1;/p-1. The molecule has 0 amide bonds. The van der Waals surface area contributed by atoms with E-state index in [9.17, 15) is 4.79 Å². The number of hydrogen-bond donors (Lipinski definition) is 1. The number of aromatic nitrogens is 3. The van der Waals surface area contributed by atoms with Crippen molar-refractivity contribution < 1.29 is 26.5 Å². The Morgan fingerprint density at radius 3 is 2.41 bits per heavy atom. The van der Waals surface area contributed by atoms with Gasteiger partial charge in [-0.3, -0.25) is 4.79 Å². The van der Waals surface area contributed by atoms with Crippen molar-refractivity contribution in [2.24, 2.45) is 0 Å². The quantitative estimate of drug-likeness (QED) is 0.325. The van der Waals surface area contributed by atoms with Gasteiger partial charge in [-0.15, -0.1) is 0 Å². The van der Waals surface area contributed by atoms with Crippen molar-refractivity contribution in [2.45, 2.75) is 58.1 Å². The number of pyridine rings is 1. The third kappa shape index (κ3) is 3.82. The summed E-state index contributed by atoms with van der Waals surface area (Å²) in [7, 11) is 5.39. The van der Waals surface area contributed by atoms with Crippen LogP contribution in [0.5, 0.6) is 5.75 Å². The fraction of sp³-hybridized carbons (Fsp3) is 0.458. The number of aromatic amines is 1. The zero-order valence-corrected chi connectivity index (χ0v) is 22.0. The summed E-state index contributed by atoms with van der Waals surface area (Å²) >= 11 is 0. The maximum atomic E-state index is 13.0. The molecule has 0 unspecified atom stereocenters. The van der Waals surface area contributed by atoms with E-state index in [4.69, 9.17) is 9.72 Å². The SMILES string of the molecule is CCSSCc1c(C)c(OC)cc[n+]1-c1nc2cc3c(cc2[nH]1)C(C)(C)C(=O)C3(C)C.[Cl-]. The summed E-state index contributed by atoms with van der Waals surface area (Å²) in [4.78, 5) is 21.4. The van der Waals surface area contributed by atoms with E-state index in [0.717, 1.165) is 56.6 Å². The Morgan fingerprint density at radius 1 is 1.12 bits per heavy atom. The van der Waals surface area contributed by atoms with Crippen LogP contribution in [0, 0.1) is 6.92 Å². The number of carbonyl (C=O) groups is 1. The van der Waals surface area contributed by atoms with Gasteiger partial charge in [-0.1, -0.05) is 33.5 Å². The van der Waals surface area contributed by atoms with Gasteiger partial charge >= 0.3 is 5.95 Å². The highest BCUT2D eigenvalue weighted by Crippen LogP contribution is 2.47. The molecule has 0 saturated heterocycles. The largest absolute Gasteiger partial charge is 1.00 e. The number of rotatable bonds is 6. The minimum absolute atomic E-state index is 0. The van der Waals surface area contributed by atoms with Crippen molar-refractivity contribution in [1.29, 1.82) is 0 Å². The highest BCUT2D eigenvalue weighted by atomic mass is 35.5. The minimum Gasteiger partial charge on any atom is -1.00 e. The molecule has 32 heavy (non-hydrogen) atoms. The van der Waals surface area contributed by atoms with Crippen LogP contribution >= 0.6 is 21.6 Å². The van der Waals surface area contributed by atoms with E-state index in [0.29, 0.717) is 0 Å². The number of methoxy groups -OCH3 is 1. The summed E-state index contributed by atoms with van der Waals surface area (Å²) in [5.74, 6) is 3.84. The van der Waals surface area contributed by atoms with Crippen LogP contribution in [0.1, 0.15) is 57.0 Å². The maximum absolute atomic E-state index is 13.0. The van der Waals surface area contributed by atoms with Gasteiger partial charge in [-0.05, 0) is 57.9 Å².